The van der Waals surface area contributed by atoms with Crippen molar-refractivity contribution < 1.29 is 28.7 Å². The summed E-state index contributed by atoms with van der Waals surface area (Å²) in [6.45, 7) is 1.78. The minimum atomic E-state index is -0.715. The summed E-state index contributed by atoms with van der Waals surface area (Å²) in [5.74, 6) is -2.32. The molecule has 0 spiro atoms. The molecule has 8 nitrogen and oxygen atoms in total. The fourth-order valence-corrected chi connectivity index (χ4v) is 4.94. The van der Waals surface area contributed by atoms with Crippen LogP contribution in [0.25, 0.3) is 0 Å². The molecule has 3 amide bonds. The number of anilines is 2. The van der Waals surface area contributed by atoms with Crippen LogP contribution in [-0.4, -0.2) is 47.7 Å². The largest absolute Gasteiger partial charge is 0.492 e. The molecule has 0 unspecified atom stereocenters. The molecule has 2 aromatic rings. The lowest BCUT2D eigenvalue weighted by molar-refractivity contribution is -0.122. The number of rotatable bonds is 7. The van der Waals surface area contributed by atoms with Gasteiger partial charge in [-0.1, -0.05) is 12.1 Å². The lowest BCUT2D eigenvalue weighted by atomic mass is 9.80. The molecule has 4 rings (SSSR count). The van der Waals surface area contributed by atoms with E-state index >= 15 is 0 Å². The Hall–Kier alpha value is -3.10. The van der Waals surface area contributed by atoms with Crippen LogP contribution in [0.3, 0.4) is 0 Å². The summed E-state index contributed by atoms with van der Waals surface area (Å²) in [4.78, 5) is 51.5. The van der Waals surface area contributed by atoms with Gasteiger partial charge in [-0.25, -0.2) is 4.79 Å². The third-order valence-electron chi connectivity index (χ3n) is 6.07. The number of benzene rings is 2. The van der Waals surface area contributed by atoms with E-state index in [9.17, 15) is 19.2 Å². The smallest absolute Gasteiger partial charge is 0.338 e. The van der Waals surface area contributed by atoms with Crippen molar-refractivity contribution in [2.45, 2.75) is 30.5 Å². The summed E-state index contributed by atoms with van der Waals surface area (Å²) in [5.41, 5.74) is 1.00. The highest BCUT2D eigenvalue weighted by Crippen LogP contribution is 2.43. The van der Waals surface area contributed by atoms with Crippen molar-refractivity contribution in [1.29, 1.82) is 0 Å². The summed E-state index contributed by atoms with van der Waals surface area (Å²) in [6, 6.07) is 12.8. The number of carbonyl (C=O) groups is 4. The zero-order chi connectivity index (χ0) is 25.1. The molecule has 1 heterocycles. The molecule has 1 N–H and O–H groups in total. The Balaban J connectivity index is 1.36. The van der Waals surface area contributed by atoms with Gasteiger partial charge in [-0.2, -0.15) is 0 Å². The fourth-order valence-electron chi connectivity index (χ4n) is 4.35. The zero-order valence-corrected chi connectivity index (χ0v) is 20.4. The van der Waals surface area contributed by atoms with E-state index in [2.05, 4.69) is 5.32 Å². The Kier molecular flexibility index (Phi) is 7.62. The second-order valence-electron chi connectivity index (χ2n) is 8.33. The van der Waals surface area contributed by atoms with E-state index in [4.69, 9.17) is 32.7 Å². The quantitative estimate of drug-likeness (QED) is 0.337. The first-order valence-corrected chi connectivity index (χ1v) is 12.1. The Morgan fingerprint density at radius 2 is 1.57 bits per heavy atom. The minimum absolute atomic E-state index is 0.175. The van der Waals surface area contributed by atoms with Crippen LogP contribution in [0.15, 0.2) is 48.5 Å². The van der Waals surface area contributed by atoms with Crippen molar-refractivity contribution in [3.63, 3.8) is 0 Å². The first kappa shape index (κ1) is 25.0. The first-order chi connectivity index (χ1) is 16.8. The Morgan fingerprint density at radius 1 is 0.971 bits per heavy atom. The second kappa shape index (κ2) is 10.7. The highest BCUT2D eigenvalue weighted by Gasteiger charge is 2.52. The number of alkyl halides is 2. The van der Waals surface area contributed by atoms with Gasteiger partial charge in [0, 0.05) is 0 Å². The third kappa shape index (κ3) is 5.28. The van der Waals surface area contributed by atoms with Crippen LogP contribution < -0.4 is 15.0 Å². The van der Waals surface area contributed by atoms with E-state index in [0.717, 1.165) is 4.90 Å². The maximum absolute atomic E-state index is 12.9. The number of hydrogen-bond acceptors (Lipinski definition) is 6. The normalized spacial score (nSPS) is 23.6. The van der Waals surface area contributed by atoms with Crippen LogP contribution in [0.4, 0.5) is 11.4 Å². The summed E-state index contributed by atoms with van der Waals surface area (Å²) < 4.78 is 10.6. The van der Waals surface area contributed by atoms with Crippen LogP contribution in [0.5, 0.6) is 5.75 Å². The maximum Gasteiger partial charge on any atom is 0.338 e. The molecular weight excluding hydrogens is 495 g/mol. The van der Waals surface area contributed by atoms with Gasteiger partial charge in [0.05, 0.1) is 46.1 Å². The molecule has 2 aromatic carbocycles. The van der Waals surface area contributed by atoms with Crippen LogP contribution >= 0.6 is 23.2 Å². The van der Waals surface area contributed by atoms with Gasteiger partial charge >= 0.3 is 5.97 Å². The molecule has 2 aliphatic rings. The molecule has 1 saturated carbocycles. The number of amides is 3. The van der Waals surface area contributed by atoms with Gasteiger partial charge in [0.2, 0.25) is 11.8 Å². The van der Waals surface area contributed by atoms with Gasteiger partial charge in [-0.05, 0) is 56.2 Å². The highest BCUT2D eigenvalue weighted by atomic mass is 35.5. The molecule has 1 aliphatic heterocycles. The van der Waals surface area contributed by atoms with Crippen molar-refractivity contribution in [1.82, 2.24) is 0 Å². The number of carbonyl (C=O) groups excluding carboxylic acids is 4. The van der Waals surface area contributed by atoms with E-state index in [0.29, 0.717) is 36.6 Å². The number of fused-ring (bicyclic) bond motifs is 1. The fraction of sp³-hybridized carbons (Fsp3) is 0.360. The van der Waals surface area contributed by atoms with Crippen molar-refractivity contribution in [3.8, 4) is 5.75 Å². The van der Waals surface area contributed by atoms with Gasteiger partial charge in [0.1, 0.15) is 5.75 Å². The topological polar surface area (TPSA) is 102 Å². The van der Waals surface area contributed by atoms with E-state index in [1.807, 2.05) is 6.92 Å². The van der Waals surface area contributed by atoms with E-state index in [1.165, 1.54) is 24.3 Å². The SMILES string of the molecule is CCOc1ccccc1NC(=O)COC(=O)c1ccc(N2C(=O)[C@H]3C[C@H](Cl)[C@@H](Cl)C[C@H]3C2=O)cc1. The first-order valence-electron chi connectivity index (χ1n) is 11.2. The number of nitrogens with zero attached hydrogens (tertiary/aromatic N) is 1. The summed E-state index contributed by atoms with van der Waals surface area (Å²) in [7, 11) is 0. The van der Waals surface area contributed by atoms with E-state index in [1.54, 1.807) is 24.3 Å². The van der Waals surface area contributed by atoms with Crippen molar-refractivity contribution >= 4 is 58.3 Å². The third-order valence-corrected chi connectivity index (χ3v) is 7.16. The summed E-state index contributed by atoms with van der Waals surface area (Å²) in [6.07, 6.45) is 0.700. The molecule has 0 aromatic heterocycles. The van der Waals surface area contributed by atoms with Gasteiger partial charge in [-0.15, -0.1) is 23.2 Å². The molecular formula is C25H24Cl2N2O6. The second-order valence-corrected chi connectivity index (χ2v) is 9.45. The van der Waals surface area contributed by atoms with Gasteiger partial charge < -0.3 is 14.8 Å². The lowest BCUT2D eigenvalue weighted by Crippen LogP contribution is -2.34. The van der Waals surface area contributed by atoms with Crippen LogP contribution in [0.2, 0.25) is 0 Å². The van der Waals surface area contributed by atoms with Gasteiger partial charge in [0.25, 0.3) is 5.91 Å². The number of nitrogens with one attached hydrogen (secondary N) is 1. The van der Waals surface area contributed by atoms with Gasteiger partial charge in [-0.3, -0.25) is 19.3 Å². The molecule has 184 valence electrons. The van der Waals surface area contributed by atoms with Crippen molar-refractivity contribution in [3.05, 3.63) is 54.1 Å². The van der Waals surface area contributed by atoms with Crippen LogP contribution in [0, 0.1) is 11.8 Å². The zero-order valence-electron chi connectivity index (χ0n) is 18.9. The maximum atomic E-state index is 12.9. The predicted molar refractivity (Wildman–Crippen MR) is 131 cm³/mol. The molecule has 0 bridgehead atoms. The Bertz CT molecular complexity index is 1110. The number of imide groups is 1. The molecule has 35 heavy (non-hydrogen) atoms. The van der Waals surface area contributed by atoms with Crippen LogP contribution in [-0.2, 0) is 19.1 Å². The number of hydrogen-bond donors (Lipinski definition) is 1. The standard InChI is InChI=1S/C25H24Cl2N2O6/c1-2-34-21-6-4-3-5-20(21)28-22(30)13-35-25(33)14-7-9-15(10-8-14)29-23(31)16-11-18(26)19(27)12-17(16)24(29)32/h3-10,16-19H,2,11-13H2,1H3,(H,28,30)/t16-,17+,18-,19-/m0/s1. The van der Waals surface area contributed by atoms with Crippen LogP contribution in [0.1, 0.15) is 30.1 Å². The van der Waals surface area contributed by atoms with Gasteiger partial charge in [0.15, 0.2) is 6.61 Å². The average molecular weight is 519 g/mol. The predicted octanol–water partition coefficient (Wildman–Crippen LogP) is 4.00. The molecule has 4 atom stereocenters. The lowest BCUT2D eigenvalue weighted by Gasteiger charge is -2.28. The Morgan fingerprint density at radius 3 is 2.17 bits per heavy atom. The number of halogens is 2. The molecule has 2 fully saturated rings. The summed E-state index contributed by atoms with van der Waals surface area (Å²) in [5, 5.41) is 1.92. The highest BCUT2D eigenvalue weighted by molar-refractivity contribution is 6.31. The monoisotopic (exact) mass is 518 g/mol. The Labute approximate surface area is 212 Å². The van der Waals surface area contributed by atoms with Crippen molar-refractivity contribution in [2.75, 3.05) is 23.4 Å². The molecule has 0 radical (unpaired) electrons. The number of ether oxygens (including phenoxy) is 2. The minimum Gasteiger partial charge on any atom is -0.492 e. The molecule has 1 saturated heterocycles. The van der Waals surface area contributed by atoms with E-state index < -0.39 is 30.3 Å². The molecule has 10 heteroatoms. The average Bonchev–Trinajstić information content (AvgIpc) is 3.08. The number of para-hydroxylation sites is 2. The summed E-state index contributed by atoms with van der Waals surface area (Å²) >= 11 is 12.4. The van der Waals surface area contributed by atoms with Crippen molar-refractivity contribution in [2.24, 2.45) is 11.8 Å². The van der Waals surface area contributed by atoms with E-state index in [-0.39, 0.29) is 28.1 Å². The number of esters is 1. The molecule has 1 aliphatic carbocycles.